The summed E-state index contributed by atoms with van der Waals surface area (Å²) in [5.74, 6) is 1.95. The summed E-state index contributed by atoms with van der Waals surface area (Å²) >= 11 is 1.87. The lowest BCUT2D eigenvalue weighted by Gasteiger charge is -1.96. The summed E-state index contributed by atoms with van der Waals surface area (Å²) in [5, 5.41) is 0. The van der Waals surface area contributed by atoms with Gasteiger partial charge in [-0.15, -0.1) is 0 Å². The van der Waals surface area contributed by atoms with Gasteiger partial charge in [0, 0.05) is 11.8 Å². The van der Waals surface area contributed by atoms with Crippen LogP contribution in [0.4, 0.5) is 0 Å². The lowest BCUT2D eigenvalue weighted by Crippen LogP contribution is -2.00. The fourth-order valence-electron chi connectivity index (χ4n) is 0.943. The summed E-state index contributed by atoms with van der Waals surface area (Å²) in [6.07, 6.45) is 2.67. The third-order valence-corrected chi connectivity index (χ3v) is 2.53. The number of rotatable bonds is 2. The van der Waals surface area contributed by atoms with Crippen LogP contribution in [-0.4, -0.2) is 24.1 Å². The Balaban J connectivity index is 2.36. The van der Waals surface area contributed by atoms with Gasteiger partial charge >= 0.3 is 5.97 Å². The van der Waals surface area contributed by atoms with Crippen LogP contribution in [-0.2, 0) is 9.53 Å². The second-order valence-electron chi connectivity index (χ2n) is 2.36. The first-order valence-corrected chi connectivity index (χ1v) is 4.92. The van der Waals surface area contributed by atoms with Crippen LogP contribution in [0.3, 0.4) is 0 Å². The minimum atomic E-state index is -0.190. The number of thioether (sulfide) groups is 1. The third-order valence-electron chi connectivity index (χ3n) is 1.46. The Hall–Kier alpha value is -0.440. The van der Waals surface area contributed by atoms with E-state index in [9.17, 15) is 4.79 Å². The zero-order chi connectivity index (χ0) is 8.10. The smallest absolute Gasteiger partial charge is 0.330 e. The van der Waals surface area contributed by atoms with E-state index in [0.717, 1.165) is 17.9 Å². The lowest BCUT2D eigenvalue weighted by atomic mass is 10.2. The number of carbonyl (C=O) groups is 1. The second-order valence-corrected chi connectivity index (χ2v) is 3.46. The van der Waals surface area contributed by atoms with Crippen molar-refractivity contribution in [3.8, 4) is 0 Å². The van der Waals surface area contributed by atoms with E-state index in [2.05, 4.69) is 0 Å². The summed E-state index contributed by atoms with van der Waals surface area (Å²) in [6, 6.07) is 0. The Morgan fingerprint density at radius 1 is 1.82 bits per heavy atom. The van der Waals surface area contributed by atoms with Gasteiger partial charge in [-0.05, 0) is 19.1 Å². The van der Waals surface area contributed by atoms with Gasteiger partial charge in [0.2, 0.25) is 0 Å². The zero-order valence-corrected chi connectivity index (χ0v) is 7.45. The molecule has 0 saturated carbocycles. The first-order chi connectivity index (χ1) is 5.33. The SMILES string of the molecule is CCOC(=O)/C=C1\CCSC1. The highest BCUT2D eigenvalue weighted by Crippen LogP contribution is 2.22. The van der Waals surface area contributed by atoms with Crippen molar-refractivity contribution in [3.63, 3.8) is 0 Å². The lowest BCUT2D eigenvalue weighted by molar-refractivity contribution is -0.137. The molecular formula is C8H12O2S. The molecule has 0 bridgehead atoms. The molecule has 2 nitrogen and oxygen atoms in total. The average molecular weight is 172 g/mol. The molecule has 1 heterocycles. The molecule has 1 saturated heterocycles. The molecule has 1 rings (SSSR count). The fraction of sp³-hybridized carbons (Fsp3) is 0.625. The van der Waals surface area contributed by atoms with Crippen LogP contribution in [0.5, 0.6) is 0 Å². The maximum Gasteiger partial charge on any atom is 0.330 e. The van der Waals surface area contributed by atoms with Gasteiger partial charge in [0.1, 0.15) is 0 Å². The highest BCUT2D eigenvalue weighted by atomic mass is 32.2. The molecule has 0 aromatic rings. The molecule has 0 aliphatic carbocycles. The second kappa shape index (κ2) is 4.44. The molecule has 0 aromatic carbocycles. The highest BCUT2D eigenvalue weighted by molar-refractivity contribution is 7.99. The molecule has 0 amide bonds. The quantitative estimate of drug-likeness (QED) is 0.467. The van der Waals surface area contributed by atoms with E-state index in [-0.39, 0.29) is 5.97 Å². The monoisotopic (exact) mass is 172 g/mol. The highest BCUT2D eigenvalue weighted by Gasteiger charge is 2.08. The molecule has 62 valence electrons. The van der Waals surface area contributed by atoms with E-state index in [4.69, 9.17) is 4.74 Å². The molecule has 3 heteroatoms. The number of hydrogen-bond acceptors (Lipinski definition) is 3. The molecular weight excluding hydrogens is 160 g/mol. The molecule has 0 atom stereocenters. The molecule has 0 radical (unpaired) electrons. The molecule has 1 aliphatic rings. The number of carbonyl (C=O) groups excluding carboxylic acids is 1. The molecule has 0 N–H and O–H groups in total. The molecule has 0 aromatic heterocycles. The third kappa shape index (κ3) is 2.97. The van der Waals surface area contributed by atoms with Crippen molar-refractivity contribution in [2.45, 2.75) is 13.3 Å². The van der Waals surface area contributed by atoms with Crippen LogP contribution in [0.1, 0.15) is 13.3 Å². The van der Waals surface area contributed by atoms with Gasteiger partial charge in [0.25, 0.3) is 0 Å². The van der Waals surface area contributed by atoms with E-state index >= 15 is 0 Å². The Labute approximate surface area is 71.0 Å². The van der Waals surface area contributed by atoms with Gasteiger partial charge in [-0.25, -0.2) is 4.79 Å². The van der Waals surface area contributed by atoms with E-state index in [1.165, 1.54) is 5.57 Å². The summed E-state index contributed by atoms with van der Waals surface area (Å²) in [4.78, 5) is 10.9. The number of esters is 1. The van der Waals surface area contributed by atoms with Crippen molar-refractivity contribution in [2.75, 3.05) is 18.1 Å². The Kier molecular flexibility index (Phi) is 3.49. The van der Waals surface area contributed by atoms with E-state index in [1.807, 2.05) is 18.7 Å². The van der Waals surface area contributed by atoms with Crippen molar-refractivity contribution < 1.29 is 9.53 Å². The van der Waals surface area contributed by atoms with Crippen LogP contribution in [0.15, 0.2) is 11.6 Å². The first kappa shape index (κ1) is 8.65. The summed E-state index contributed by atoms with van der Waals surface area (Å²) in [7, 11) is 0. The van der Waals surface area contributed by atoms with Gasteiger partial charge in [0.15, 0.2) is 0 Å². The van der Waals surface area contributed by atoms with Crippen molar-refractivity contribution in [3.05, 3.63) is 11.6 Å². The zero-order valence-electron chi connectivity index (χ0n) is 6.63. The number of ether oxygens (including phenoxy) is 1. The van der Waals surface area contributed by atoms with Crippen LogP contribution < -0.4 is 0 Å². The normalized spacial score (nSPS) is 20.6. The standard InChI is InChI=1S/C8H12O2S/c1-2-10-8(9)5-7-3-4-11-6-7/h5H,2-4,6H2,1H3/b7-5+. The summed E-state index contributed by atoms with van der Waals surface area (Å²) < 4.78 is 4.78. The van der Waals surface area contributed by atoms with Crippen molar-refractivity contribution >= 4 is 17.7 Å². The van der Waals surface area contributed by atoms with Gasteiger partial charge in [-0.1, -0.05) is 5.57 Å². The topological polar surface area (TPSA) is 26.3 Å². The first-order valence-electron chi connectivity index (χ1n) is 3.77. The Bertz CT molecular complexity index is 167. The molecule has 11 heavy (non-hydrogen) atoms. The van der Waals surface area contributed by atoms with E-state index in [1.54, 1.807) is 6.08 Å². The van der Waals surface area contributed by atoms with E-state index in [0.29, 0.717) is 6.61 Å². The van der Waals surface area contributed by atoms with Crippen molar-refractivity contribution in [2.24, 2.45) is 0 Å². The summed E-state index contributed by atoms with van der Waals surface area (Å²) in [5.41, 5.74) is 1.22. The van der Waals surface area contributed by atoms with Gasteiger partial charge in [-0.3, -0.25) is 0 Å². The van der Waals surface area contributed by atoms with E-state index < -0.39 is 0 Å². The molecule has 0 spiro atoms. The maximum atomic E-state index is 10.9. The molecule has 0 unspecified atom stereocenters. The largest absolute Gasteiger partial charge is 0.463 e. The van der Waals surface area contributed by atoms with Crippen LogP contribution in [0, 0.1) is 0 Å². The number of hydrogen-bond donors (Lipinski definition) is 0. The van der Waals surface area contributed by atoms with Gasteiger partial charge in [-0.2, -0.15) is 11.8 Å². The molecule has 1 aliphatic heterocycles. The van der Waals surface area contributed by atoms with Crippen LogP contribution in [0.25, 0.3) is 0 Å². The predicted octanol–water partition coefficient (Wildman–Crippen LogP) is 1.61. The Morgan fingerprint density at radius 3 is 3.18 bits per heavy atom. The minimum Gasteiger partial charge on any atom is -0.463 e. The fourth-order valence-corrected chi connectivity index (χ4v) is 1.98. The predicted molar refractivity (Wildman–Crippen MR) is 46.7 cm³/mol. The Morgan fingerprint density at radius 2 is 2.64 bits per heavy atom. The summed E-state index contributed by atoms with van der Waals surface area (Å²) in [6.45, 7) is 2.29. The van der Waals surface area contributed by atoms with Gasteiger partial charge in [0.05, 0.1) is 6.61 Å². The van der Waals surface area contributed by atoms with Crippen LogP contribution in [0.2, 0.25) is 0 Å². The van der Waals surface area contributed by atoms with Crippen molar-refractivity contribution in [1.29, 1.82) is 0 Å². The molecule has 1 fully saturated rings. The maximum absolute atomic E-state index is 10.9. The van der Waals surface area contributed by atoms with Crippen LogP contribution >= 0.6 is 11.8 Å². The minimum absolute atomic E-state index is 0.190. The average Bonchev–Trinajstić information content (AvgIpc) is 2.40. The van der Waals surface area contributed by atoms with Gasteiger partial charge < -0.3 is 4.74 Å². The van der Waals surface area contributed by atoms with Crippen molar-refractivity contribution in [1.82, 2.24) is 0 Å².